The van der Waals surface area contributed by atoms with E-state index in [0.29, 0.717) is 52.9 Å². The van der Waals surface area contributed by atoms with Gasteiger partial charge in [0.2, 0.25) is 0 Å². The molecule has 0 radical (unpaired) electrons. The second-order valence-corrected chi connectivity index (χ2v) is 25.7. The Kier molecular flexibility index (Phi) is 21.5. The summed E-state index contributed by atoms with van der Waals surface area (Å²) in [6.07, 6.45) is -0.547. The Balaban J connectivity index is 1.74. The fourth-order valence-electron chi connectivity index (χ4n) is 8.20. The first-order valence-electron chi connectivity index (χ1n) is 25.5. The molecular formula is C60H98O10. The van der Waals surface area contributed by atoms with Crippen LogP contribution in [0.5, 0.6) is 34.5 Å². The summed E-state index contributed by atoms with van der Waals surface area (Å²) in [5, 5.41) is 0. The van der Waals surface area contributed by atoms with Gasteiger partial charge >= 0.3 is 0 Å². The summed E-state index contributed by atoms with van der Waals surface area (Å²) in [6.45, 7) is 47.3. The highest BCUT2D eigenvalue weighted by Crippen LogP contribution is 2.44. The van der Waals surface area contributed by atoms with Crippen LogP contribution in [0.15, 0.2) is 36.4 Å². The summed E-state index contributed by atoms with van der Waals surface area (Å²) in [6, 6.07) is 12.9. The van der Waals surface area contributed by atoms with E-state index in [-0.39, 0.29) is 56.5 Å². The fraction of sp³-hybridized carbons (Fsp3) is 0.700. The molecule has 0 amide bonds. The lowest BCUT2D eigenvalue weighted by Crippen LogP contribution is -2.30. The van der Waals surface area contributed by atoms with Gasteiger partial charge < -0.3 is 47.4 Å². The van der Waals surface area contributed by atoms with Crippen molar-refractivity contribution in [2.75, 3.05) is 81.3 Å². The predicted octanol–water partition coefficient (Wildman–Crippen LogP) is 13.7. The number of hydrogen-bond acceptors (Lipinski definition) is 10. The quantitative estimate of drug-likeness (QED) is 0.0864. The van der Waals surface area contributed by atoms with Gasteiger partial charge in [-0.1, -0.05) is 138 Å². The van der Waals surface area contributed by atoms with E-state index >= 15 is 0 Å². The second-order valence-electron chi connectivity index (χ2n) is 25.7. The number of hydrogen-bond donors (Lipinski definition) is 0. The highest BCUT2D eigenvalue weighted by molar-refractivity contribution is 5.54. The summed E-state index contributed by atoms with van der Waals surface area (Å²) in [5.74, 6) is 5.31. The van der Waals surface area contributed by atoms with E-state index in [1.807, 2.05) is 0 Å². The maximum atomic E-state index is 6.73. The van der Waals surface area contributed by atoms with E-state index < -0.39 is 0 Å². The summed E-state index contributed by atoms with van der Waals surface area (Å²) in [5.41, 5.74) is 5.56. The monoisotopic (exact) mass is 979 g/mol. The van der Waals surface area contributed by atoms with Crippen molar-refractivity contribution in [3.8, 4) is 34.5 Å². The SMILES string of the molecule is COCC(COc1cc(C(C)(C)C)c(OC)cc1C(C)(C)C)OCC(C)COc1cc(C(C)(C)C)c(OCC(C)COC(COC)COc2cc(C(C)(C)C)c(OC)cc2C(C)(C)C)cc1C(C)(C)C. The van der Waals surface area contributed by atoms with Crippen molar-refractivity contribution in [3.05, 3.63) is 69.8 Å². The fourth-order valence-corrected chi connectivity index (χ4v) is 8.20. The van der Waals surface area contributed by atoms with Crippen LogP contribution in [0.4, 0.5) is 0 Å². The molecule has 3 aromatic rings. The van der Waals surface area contributed by atoms with Crippen LogP contribution >= 0.6 is 0 Å². The molecule has 398 valence electrons. The average Bonchev–Trinajstić information content (AvgIpc) is 3.24. The molecule has 3 aromatic carbocycles. The minimum atomic E-state index is -0.274. The van der Waals surface area contributed by atoms with Gasteiger partial charge in [0.25, 0.3) is 0 Å². The minimum Gasteiger partial charge on any atom is -0.496 e. The van der Waals surface area contributed by atoms with Gasteiger partial charge in [-0.3, -0.25) is 0 Å². The third-order valence-electron chi connectivity index (χ3n) is 12.4. The first-order chi connectivity index (χ1) is 32.1. The van der Waals surface area contributed by atoms with E-state index in [1.165, 1.54) is 0 Å². The van der Waals surface area contributed by atoms with Crippen LogP contribution < -0.4 is 28.4 Å². The molecule has 0 saturated carbocycles. The Morgan fingerprint density at radius 3 is 0.729 bits per heavy atom. The number of ether oxygens (including phenoxy) is 10. The lowest BCUT2D eigenvalue weighted by molar-refractivity contribution is -0.0410. The van der Waals surface area contributed by atoms with Gasteiger partial charge in [-0.2, -0.15) is 0 Å². The zero-order valence-electron chi connectivity index (χ0n) is 48.5. The molecule has 10 heteroatoms. The van der Waals surface area contributed by atoms with Crippen molar-refractivity contribution in [1.82, 2.24) is 0 Å². The Labute approximate surface area is 426 Å². The zero-order valence-corrected chi connectivity index (χ0v) is 48.5. The molecule has 4 unspecified atom stereocenters. The zero-order chi connectivity index (χ0) is 53.2. The summed E-state index contributed by atoms with van der Waals surface area (Å²) in [4.78, 5) is 0. The Bertz CT molecular complexity index is 1930. The smallest absolute Gasteiger partial charge is 0.123 e. The summed E-state index contributed by atoms with van der Waals surface area (Å²) < 4.78 is 62.5. The van der Waals surface area contributed by atoms with Crippen LogP contribution in [-0.2, 0) is 51.4 Å². The Hall–Kier alpha value is -3.70. The maximum Gasteiger partial charge on any atom is 0.123 e. The van der Waals surface area contributed by atoms with E-state index in [9.17, 15) is 0 Å². The van der Waals surface area contributed by atoms with E-state index in [4.69, 9.17) is 47.4 Å². The molecule has 0 aliphatic rings. The molecule has 0 aliphatic heterocycles. The largest absolute Gasteiger partial charge is 0.496 e. The average molecular weight is 979 g/mol. The molecule has 0 N–H and O–H groups in total. The van der Waals surface area contributed by atoms with E-state index in [2.05, 4.69) is 175 Å². The Morgan fingerprint density at radius 1 is 0.300 bits per heavy atom. The third-order valence-corrected chi connectivity index (χ3v) is 12.4. The molecule has 0 bridgehead atoms. The molecule has 0 aromatic heterocycles. The summed E-state index contributed by atoms with van der Waals surface area (Å²) in [7, 11) is 6.85. The van der Waals surface area contributed by atoms with Crippen molar-refractivity contribution < 1.29 is 47.4 Å². The van der Waals surface area contributed by atoms with Gasteiger partial charge in [0.05, 0.1) is 53.9 Å². The van der Waals surface area contributed by atoms with Crippen molar-refractivity contribution in [2.24, 2.45) is 11.8 Å². The number of methoxy groups -OCH3 is 4. The predicted molar refractivity (Wildman–Crippen MR) is 288 cm³/mol. The van der Waals surface area contributed by atoms with Gasteiger partial charge in [0, 0.05) is 59.4 Å². The first kappa shape index (κ1) is 60.6. The first-order valence-corrected chi connectivity index (χ1v) is 25.5. The third kappa shape index (κ3) is 17.8. The summed E-state index contributed by atoms with van der Waals surface area (Å²) >= 11 is 0. The van der Waals surface area contributed by atoms with Gasteiger partial charge in [-0.25, -0.2) is 0 Å². The highest BCUT2D eigenvalue weighted by Gasteiger charge is 2.31. The van der Waals surface area contributed by atoms with Crippen molar-refractivity contribution >= 4 is 0 Å². The molecule has 4 atom stereocenters. The topological polar surface area (TPSA) is 92.3 Å². The van der Waals surface area contributed by atoms with Gasteiger partial charge in [-0.05, 0) is 68.9 Å². The molecule has 0 spiro atoms. The van der Waals surface area contributed by atoms with Crippen LogP contribution in [0.3, 0.4) is 0 Å². The minimum absolute atomic E-state index is 0.0886. The molecule has 0 aliphatic carbocycles. The van der Waals surface area contributed by atoms with Crippen molar-refractivity contribution in [1.29, 1.82) is 0 Å². The number of benzene rings is 3. The van der Waals surface area contributed by atoms with Crippen LogP contribution in [0, 0.1) is 11.8 Å². The number of rotatable bonds is 24. The van der Waals surface area contributed by atoms with Gasteiger partial charge in [0.15, 0.2) is 0 Å². The highest BCUT2D eigenvalue weighted by atomic mass is 16.6. The molecule has 0 heterocycles. The molecule has 70 heavy (non-hydrogen) atoms. The van der Waals surface area contributed by atoms with Crippen LogP contribution in [0.1, 0.15) is 172 Å². The van der Waals surface area contributed by atoms with Crippen molar-refractivity contribution in [2.45, 2.75) is 183 Å². The standard InChI is InChI=1S/C60H98O10/c1-39(31-65-41(35-61-21)37-69-53-27-43(55(3,4)5)49(63-23)25-45(53)57(9,10)11)33-67-51-29-48(60(18,19)20)52(30-47(51)59(15,16)17)68-34-40(2)32-66-42(36-62-22)38-70-54-28-44(56(6,7)8)50(64-24)26-46(54)58(12,13)14/h25-30,39-42H,31-38H2,1-24H3. The Morgan fingerprint density at radius 2 is 0.514 bits per heavy atom. The van der Waals surface area contributed by atoms with Gasteiger partial charge in [-0.15, -0.1) is 0 Å². The molecular weight excluding hydrogens is 881 g/mol. The van der Waals surface area contributed by atoms with Gasteiger partial charge in [0.1, 0.15) is 59.9 Å². The lowest BCUT2D eigenvalue weighted by atomic mass is 9.81. The molecule has 0 saturated heterocycles. The molecule has 3 rings (SSSR count). The molecule has 10 nitrogen and oxygen atoms in total. The lowest BCUT2D eigenvalue weighted by Gasteiger charge is -2.30. The van der Waals surface area contributed by atoms with Crippen molar-refractivity contribution in [3.63, 3.8) is 0 Å². The normalized spacial score (nSPS) is 14.7. The maximum absolute atomic E-state index is 6.73. The van der Waals surface area contributed by atoms with Crippen LogP contribution in [0.25, 0.3) is 0 Å². The van der Waals surface area contributed by atoms with Crippen LogP contribution in [0.2, 0.25) is 0 Å². The van der Waals surface area contributed by atoms with Crippen LogP contribution in [-0.4, -0.2) is 93.5 Å². The van der Waals surface area contributed by atoms with E-state index in [1.54, 1.807) is 28.4 Å². The van der Waals surface area contributed by atoms with E-state index in [0.717, 1.165) is 67.9 Å². The molecule has 0 fully saturated rings. The second kappa shape index (κ2) is 24.8.